The highest BCUT2D eigenvalue weighted by molar-refractivity contribution is 6.33. The summed E-state index contributed by atoms with van der Waals surface area (Å²) < 4.78 is 1.59. The lowest BCUT2D eigenvalue weighted by atomic mass is 9.46. The van der Waals surface area contributed by atoms with Crippen LogP contribution < -0.4 is 10.9 Å². The molecule has 2 N–H and O–H groups in total. The summed E-state index contributed by atoms with van der Waals surface area (Å²) in [7, 11) is 0. The second-order valence-corrected chi connectivity index (χ2v) is 10.4. The van der Waals surface area contributed by atoms with E-state index in [0.717, 1.165) is 44.2 Å². The summed E-state index contributed by atoms with van der Waals surface area (Å²) in [6.07, 6.45) is 8.26. The fraction of sp³-hybridized carbons (Fsp3) is 0.542. The minimum atomic E-state index is -0.746. The molecule has 6 rings (SSSR count). The largest absolute Gasteiger partial charge is 0.481 e. The molecular formula is C24H28ClN3O3. The van der Waals surface area contributed by atoms with Gasteiger partial charge in [0.1, 0.15) is 5.02 Å². The van der Waals surface area contributed by atoms with Crippen molar-refractivity contribution in [1.29, 1.82) is 0 Å². The van der Waals surface area contributed by atoms with Gasteiger partial charge in [0.25, 0.3) is 5.56 Å². The van der Waals surface area contributed by atoms with Crippen LogP contribution in [0.5, 0.6) is 0 Å². The smallest absolute Gasteiger partial charge is 0.303 e. The summed E-state index contributed by atoms with van der Waals surface area (Å²) in [5.74, 6) is 0.176. The Bertz CT molecular complexity index is 1080. The van der Waals surface area contributed by atoms with Crippen molar-refractivity contribution >= 4 is 28.9 Å². The Hall–Kier alpha value is -2.34. The van der Waals surface area contributed by atoms with E-state index in [9.17, 15) is 14.7 Å². The highest BCUT2D eigenvalue weighted by Crippen LogP contribution is 2.65. The number of aryl methyl sites for hydroxylation is 1. The molecule has 1 aromatic carbocycles. The van der Waals surface area contributed by atoms with E-state index in [1.807, 2.05) is 18.2 Å². The quantitative estimate of drug-likeness (QED) is 0.660. The lowest BCUT2D eigenvalue weighted by molar-refractivity contribution is -0.151. The van der Waals surface area contributed by atoms with Gasteiger partial charge >= 0.3 is 5.97 Å². The van der Waals surface area contributed by atoms with Crippen molar-refractivity contribution in [2.75, 3.05) is 5.32 Å². The first-order chi connectivity index (χ1) is 14.8. The van der Waals surface area contributed by atoms with Crippen molar-refractivity contribution in [3.05, 3.63) is 51.4 Å². The second kappa shape index (κ2) is 7.37. The van der Waals surface area contributed by atoms with E-state index in [1.54, 1.807) is 10.9 Å². The summed E-state index contributed by atoms with van der Waals surface area (Å²) in [5, 5.41) is 17.5. The molecule has 31 heavy (non-hydrogen) atoms. The minimum Gasteiger partial charge on any atom is -0.481 e. The molecule has 0 amide bonds. The molecule has 2 aromatic rings. The predicted octanol–water partition coefficient (Wildman–Crippen LogP) is 4.97. The molecule has 0 spiro atoms. The highest BCUT2D eigenvalue weighted by Gasteiger charge is 2.59. The van der Waals surface area contributed by atoms with Crippen molar-refractivity contribution in [3.63, 3.8) is 0 Å². The van der Waals surface area contributed by atoms with Crippen LogP contribution in [0.25, 0.3) is 0 Å². The molecule has 4 fully saturated rings. The number of nitrogens with zero attached hydrogens (tertiary/aromatic N) is 2. The van der Waals surface area contributed by atoms with E-state index < -0.39 is 11.5 Å². The van der Waals surface area contributed by atoms with Gasteiger partial charge < -0.3 is 10.4 Å². The van der Waals surface area contributed by atoms with Crippen molar-refractivity contribution in [1.82, 2.24) is 9.78 Å². The second-order valence-electron chi connectivity index (χ2n) is 10.0. The van der Waals surface area contributed by atoms with Crippen molar-refractivity contribution in [3.8, 4) is 0 Å². The number of anilines is 2. The van der Waals surface area contributed by atoms with Crippen LogP contribution in [-0.2, 0) is 16.8 Å². The minimum absolute atomic E-state index is 0.139. The Labute approximate surface area is 186 Å². The van der Waals surface area contributed by atoms with Crippen LogP contribution in [0, 0.1) is 17.3 Å². The number of nitrogens with one attached hydrogen (secondary N) is 1. The van der Waals surface area contributed by atoms with Gasteiger partial charge in [-0.3, -0.25) is 9.59 Å². The van der Waals surface area contributed by atoms with Crippen LogP contribution in [0.4, 0.5) is 11.4 Å². The number of halogens is 1. The van der Waals surface area contributed by atoms with Gasteiger partial charge in [0.05, 0.1) is 23.8 Å². The fourth-order valence-corrected chi connectivity index (χ4v) is 7.24. The maximum absolute atomic E-state index is 13.4. The normalized spacial score (nSPS) is 31.0. The van der Waals surface area contributed by atoms with E-state index in [1.165, 1.54) is 5.56 Å². The van der Waals surface area contributed by atoms with Gasteiger partial charge in [-0.25, -0.2) is 4.68 Å². The lowest BCUT2D eigenvalue weighted by Gasteiger charge is -2.61. The van der Waals surface area contributed by atoms with Gasteiger partial charge in [0, 0.05) is 5.69 Å². The molecule has 4 aliphatic carbocycles. The van der Waals surface area contributed by atoms with Crippen molar-refractivity contribution in [2.24, 2.45) is 17.3 Å². The zero-order valence-corrected chi connectivity index (χ0v) is 18.5. The topological polar surface area (TPSA) is 84.2 Å². The van der Waals surface area contributed by atoms with Crippen LogP contribution in [0.1, 0.15) is 57.4 Å². The van der Waals surface area contributed by atoms with Gasteiger partial charge in [-0.15, -0.1) is 0 Å². The van der Waals surface area contributed by atoms with Gasteiger partial charge in [0.2, 0.25) is 0 Å². The number of hydrogen-bond acceptors (Lipinski definition) is 4. The zero-order chi connectivity index (χ0) is 21.8. The third-order valence-electron chi connectivity index (χ3n) is 7.66. The molecule has 7 heteroatoms. The Balaban J connectivity index is 1.49. The SMILES string of the molecule is CCc1cccc(Nc2cnn(C34C[C@@H]5C[C@@H](CC(CC(=O)O)(C5)C3)C4)c(=O)c2Cl)c1. The first-order valence-electron chi connectivity index (χ1n) is 11.2. The molecule has 2 unspecified atom stereocenters. The summed E-state index contributed by atoms with van der Waals surface area (Å²) >= 11 is 6.55. The summed E-state index contributed by atoms with van der Waals surface area (Å²) in [5.41, 5.74) is 1.64. The van der Waals surface area contributed by atoms with Crippen LogP contribution in [0.2, 0.25) is 5.02 Å². The van der Waals surface area contributed by atoms with Gasteiger partial charge in [-0.1, -0.05) is 30.7 Å². The number of benzene rings is 1. The molecule has 164 valence electrons. The van der Waals surface area contributed by atoms with Crippen LogP contribution in [-0.4, -0.2) is 20.9 Å². The van der Waals surface area contributed by atoms with E-state index in [4.69, 9.17) is 11.6 Å². The molecule has 4 saturated carbocycles. The van der Waals surface area contributed by atoms with Gasteiger partial charge in [-0.05, 0) is 79.9 Å². The predicted molar refractivity (Wildman–Crippen MR) is 120 cm³/mol. The average molecular weight is 442 g/mol. The van der Waals surface area contributed by atoms with Gasteiger partial charge in [0.15, 0.2) is 0 Å². The molecule has 1 heterocycles. The zero-order valence-electron chi connectivity index (χ0n) is 17.7. The molecule has 6 nitrogen and oxygen atoms in total. The summed E-state index contributed by atoms with van der Waals surface area (Å²) in [4.78, 5) is 25.0. The molecular weight excluding hydrogens is 414 g/mol. The Morgan fingerprint density at radius 3 is 2.71 bits per heavy atom. The molecule has 1 aromatic heterocycles. The van der Waals surface area contributed by atoms with Gasteiger partial charge in [-0.2, -0.15) is 5.10 Å². The highest BCUT2D eigenvalue weighted by atomic mass is 35.5. The maximum Gasteiger partial charge on any atom is 0.303 e. The van der Waals surface area contributed by atoms with E-state index >= 15 is 0 Å². The third kappa shape index (κ3) is 3.55. The Kier molecular flexibility index (Phi) is 4.88. The fourth-order valence-electron chi connectivity index (χ4n) is 7.06. The number of carboxylic acids is 1. The van der Waals surface area contributed by atoms with E-state index in [-0.39, 0.29) is 22.4 Å². The molecule has 0 radical (unpaired) electrons. The van der Waals surface area contributed by atoms with Crippen LogP contribution in [0.3, 0.4) is 0 Å². The van der Waals surface area contributed by atoms with E-state index in [2.05, 4.69) is 23.4 Å². The summed E-state index contributed by atoms with van der Waals surface area (Å²) in [6, 6.07) is 8.01. The number of aliphatic carboxylic acids is 1. The number of carboxylic acid groups (broad SMARTS) is 1. The molecule has 4 bridgehead atoms. The van der Waals surface area contributed by atoms with Crippen LogP contribution in [0.15, 0.2) is 35.3 Å². The Morgan fingerprint density at radius 1 is 1.29 bits per heavy atom. The third-order valence-corrected chi connectivity index (χ3v) is 8.03. The van der Waals surface area contributed by atoms with Crippen LogP contribution >= 0.6 is 11.6 Å². The van der Waals surface area contributed by atoms with E-state index in [0.29, 0.717) is 23.9 Å². The monoisotopic (exact) mass is 441 g/mol. The molecule has 0 saturated heterocycles. The first kappa shape index (κ1) is 20.6. The molecule has 4 aliphatic rings. The number of hydrogen-bond donors (Lipinski definition) is 2. The number of carbonyl (C=O) groups is 1. The molecule has 0 aliphatic heterocycles. The summed E-state index contributed by atoms with van der Waals surface area (Å²) in [6.45, 7) is 2.09. The first-order valence-corrected chi connectivity index (χ1v) is 11.6. The van der Waals surface area contributed by atoms with Crippen molar-refractivity contribution < 1.29 is 9.90 Å². The maximum atomic E-state index is 13.4. The standard InChI is InChI=1S/C24H28ClN3O3/c1-2-15-4-3-5-18(7-15)27-19-13-26-28(22(31)21(19)25)24-10-16-6-17(11-24)9-23(8-16,14-24)12-20(29)30/h3-5,7,13,16-17,27H,2,6,8-12,14H2,1H3,(H,29,30)/t16-,17+,23?,24?. The lowest BCUT2D eigenvalue weighted by Crippen LogP contribution is -2.59. The molecule has 4 atom stereocenters. The number of rotatable bonds is 6. The number of aromatic nitrogens is 2. The van der Waals surface area contributed by atoms with Crippen molar-refractivity contribution in [2.45, 2.75) is 63.8 Å². The Morgan fingerprint density at radius 2 is 2.03 bits per heavy atom. The average Bonchev–Trinajstić information content (AvgIpc) is 2.69.